The minimum atomic E-state index is -1.77. The summed E-state index contributed by atoms with van der Waals surface area (Å²) in [7, 11) is 0. The second-order valence-corrected chi connectivity index (χ2v) is 3.15. The lowest BCUT2D eigenvalue weighted by Crippen LogP contribution is -2.39. The summed E-state index contributed by atoms with van der Waals surface area (Å²) in [6.45, 7) is -0.258. The first-order chi connectivity index (χ1) is 8.15. The van der Waals surface area contributed by atoms with E-state index in [9.17, 15) is 14.7 Å². The van der Waals surface area contributed by atoms with Gasteiger partial charge >= 0.3 is 5.71 Å². The van der Waals surface area contributed by atoms with E-state index in [1.165, 1.54) is 0 Å². The summed E-state index contributed by atoms with van der Waals surface area (Å²) < 4.78 is 5.01. The Bertz CT molecular complexity index is 464. The normalized spacial score (nSPS) is 9.41. The summed E-state index contributed by atoms with van der Waals surface area (Å²) in [5.41, 5.74) is 6.44. The summed E-state index contributed by atoms with van der Waals surface area (Å²) in [5, 5.41) is 10.4. The van der Waals surface area contributed by atoms with Gasteiger partial charge in [0.1, 0.15) is 6.61 Å². The van der Waals surface area contributed by atoms with Crippen molar-refractivity contribution >= 4 is 17.5 Å². The average Bonchev–Trinajstić information content (AvgIpc) is 2.30. The van der Waals surface area contributed by atoms with E-state index in [0.29, 0.717) is 0 Å². The Kier molecular flexibility index (Phi) is 4.75. The highest BCUT2D eigenvalue weighted by molar-refractivity contribution is 6.61. The topological polar surface area (TPSA) is 104 Å². The number of Topliss-reactive ketones (excluding diaryl/α,β-unsaturated/α-hetero) is 1. The predicted molar refractivity (Wildman–Crippen MR) is 54.1 cm³/mol. The fraction of sp³-hybridized carbons (Fsp3) is 0.182. The maximum atomic E-state index is 11.2. The minimum Gasteiger partial charge on any atom is -0.538 e. The van der Waals surface area contributed by atoms with Gasteiger partial charge in [0.2, 0.25) is 0 Å². The van der Waals surface area contributed by atoms with Crippen molar-refractivity contribution in [2.75, 3.05) is 6.61 Å². The Morgan fingerprint density at radius 3 is 2.47 bits per heavy atom. The molecule has 0 heterocycles. The number of nitrogens with one attached hydrogen (secondary N) is 1. The number of carbonyl (C=O) groups is 2. The molecule has 0 aromatic heterocycles. The molecule has 0 aliphatic heterocycles. The third-order valence-electron chi connectivity index (χ3n) is 1.91. The SMILES string of the molecule is N=[N+]=C(C(=O)[O-])C(=O)COCc1ccccc1. The van der Waals surface area contributed by atoms with Crippen molar-refractivity contribution in [2.45, 2.75) is 6.61 Å². The van der Waals surface area contributed by atoms with Crippen LogP contribution in [0.25, 0.3) is 0 Å². The number of rotatable bonds is 6. The highest BCUT2D eigenvalue weighted by Gasteiger charge is 2.24. The van der Waals surface area contributed by atoms with Crippen LogP contribution >= 0.6 is 0 Å². The van der Waals surface area contributed by atoms with Crippen LogP contribution in [0, 0.1) is 5.53 Å². The van der Waals surface area contributed by atoms with Gasteiger partial charge in [-0.25, -0.2) is 0 Å². The molecule has 88 valence electrons. The lowest BCUT2D eigenvalue weighted by Gasteiger charge is -2.01. The molecular weight excluding hydrogens is 224 g/mol. The number of hydrogen-bond donors (Lipinski definition) is 1. The van der Waals surface area contributed by atoms with Crippen LogP contribution in [-0.2, 0) is 20.9 Å². The van der Waals surface area contributed by atoms with Crippen LogP contribution in [0.2, 0.25) is 0 Å². The zero-order chi connectivity index (χ0) is 12.7. The van der Waals surface area contributed by atoms with E-state index in [-0.39, 0.29) is 6.61 Å². The van der Waals surface area contributed by atoms with Crippen molar-refractivity contribution in [1.29, 1.82) is 5.53 Å². The van der Waals surface area contributed by atoms with Gasteiger partial charge in [-0.05, 0) is 5.56 Å². The molecule has 17 heavy (non-hydrogen) atoms. The van der Waals surface area contributed by atoms with Crippen LogP contribution in [0.5, 0.6) is 0 Å². The summed E-state index contributed by atoms with van der Waals surface area (Å²) in [6, 6.07) is 9.10. The van der Waals surface area contributed by atoms with Gasteiger partial charge in [0, 0.05) is 0 Å². The molecule has 0 bridgehead atoms. The van der Waals surface area contributed by atoms with E-state index < -0.39 is 24.1 Å². The molecular formula is C11H10N2O4. The highest BCUT2D eigenvalue weighted by Crippen LogP contribution is 2.00. The highest BCUT2D eigenvalue weighted by atomic mass is 16.5. The van der Waals surface area contributed by atoms with E-state index in [4.69, 9.17) is 10.3 Å². The van der Waals surface area contributed by atoms with Gasteiger partial charge < -0.3 is 14.6 Å². The number of hydrogen-bond acceptors (Lipinski definition) is 5. The Labute approximate surface area is 97.1 Å². The lowest BCUT2D eigenvalue weighted by molar-refractivity contribution is -0.298. The van der Waals surface area contributed by atoms with Crippen LogP contribution in [0.1, 0.15) is 5.56 Å². The average molecular weight is 234 g/mol. The molecule has 0 saturated carbocycles. The van der Waals surface area contributed by atoms with Gasteiger partial charge in [-0.1, -0.05) is 30.3 Å². The fourth-order valence-corrected chi connectivity index (χ4v) is 1.13. The lowest BCUT2D eigenvalue weighted by atomic mass is 10.2. The van der Waals surface area contributed by atoms with E-state index in [0.717, 1.165) is 5.56 Å². The van der Waals surface area contributed by atoms with Crippen molar-refractivity contribution in [2.24, 2.45) is 0 Å². The zero-order valence-corrected chi connectivity index (χ0v) is 8.88. The molecule has 0 atom stereocenters. The van der Waals surface area contributed by atoms with Crippen LogP contribution in [-0.4, -0.2) is 28.9 Å². The number of carbonyl (C=O) groups excluding carboxylic acids is 2. The molecule has 0 aliphatic carbocycles. The van der Waals surface area contributed by atoms with E-state index in [1.807, 2.05) is 30.3 Å². The Morgan fingerprint density at radius 1 is 1.29 bits per heavy atom. The monoisotopic (exact) mass is 234 g/mol. The first-order valence-corrected chi connectivity index (χ1v) is 4.75. The van der Waals surface area contributed by atoms with Crippen molar-refractivity contribution in [3.63, 3.8) is 0 Å². The first kappa shape index (κ1) is 12.8. The third kappa shape index (κ3) is 3.98. The molecule has 6 heteroatoms. The molecule has 0 radical (unpaired) electrons. The fourth-order valence-electron chi connectivity index (χ4n) is 1.13. The number of ketones is 1. The minimum absolute atomic E-state index is 0.185. The van der Waals surface area contributed by atoms with Crippen LogP contribution < -0.4 is 5.11 Å². The molecule has 0 unspecified atom stereocenters. The van der Waals surface area contributed by atoms with E-state index >= 15 is 0 Å². The molecule has 1 rings (SSSR count). The van der Waals surface area contributed by atoms with Gasteiger partial charge in [-0.3, -0.25) is 4.79 Å². The van der Waals surface area contributed by atoms with Crippen molar-refractivity contribution < 1.29 is 24.2 Å². The van der Waals surface area contributed by atoms with Gasteiger partial charge in [0.05, 0.1) is 16.9 Å². The molecule has 6 nitrogen and oxygen atoms in total. The number of aliphatic carboxylic acids is 1. The van der Waals surface area contributed by atoms with Gasteiger partial charge in [-0.2, -0.15) is 0 Å². The molecule has 0 fully saturated rings. The molecule has 1 aromatic carbocycles. The molecule has 0 saturated heterocycles. The number of nitrogens with zero attached hydrogens (tertiary/aromatic N) is 1. The smallest absolute Gasteiger partial charge is 0.432 e. The molecule has 0 aliphatic rings. The van der Waals surface area contributed by atoms with Crippen molar-refractivity contribution in [1.82, 2.24) is 0 Å². The van der Waals surface area contributed by atoms with E-state index in [2.05, 4.69) is 4.79 Å². The molecule has 1 aromatic rings. The number of benzene rings is 1. The van der Waals surface area contributed by atoms with Gasteiger partial charge in [-0.15, -0.1) is 0 Å². The van der Waals surface area contributed by atoms with Gasteiger partial charge in [0.25, 0.3) is 5.78 Å². The summed E-state index contributed by atoms with van der Waals surface area (Å²) in [5.74, 6) is -2.65. The molecule has 1 N–H and O–H groups in total. The van der Waals surface area contributed by atoms with Gasteiger partial charge in [0.15, 0.2) is 5.97 Å². The quantitative estimate of drug-likeness (QED) is 0.301. The maximum Gasteiger partial charge on any atom is 0.432 e. The maximum absolute atomic E-state index is 11.2. The standard InChI is InChI=1S/C11H10N2O4/c12-13-10(11(15)16)9(14)7-17-6-8-4-2-1-3-5-8/h1-5,12H,6-7H2. The number of carboxylic acid groups (broad SMARTS) is 1. The second kappa shape index (κ2) is 6.32. The van der Waals surface area contributed by atoms with Crippen molar-refractivity contribution in [3.8, 4) is 0 Å². The second-order valence-electron chi connectivity index (χ2n) is 3.15. The van der Waals surface area contributed by atoms with E-state index in [1.54, 1.807) is 0 Å². The van der Waals surface area contributed by atoms with Crippen LogP contribution in [0.4, 0.5) is 0 Å². The third-order valence-corrected chi connectivity index (χ3v) is 1.91. The predicted octanol–water partition coefficient (Wildman–Crippen LogP) is -0.798. The number of ether oxygens (including phenoxy) is 1. The Balaban J connectivity index is 2.45. The summed E-state index contributed by atoms with van der Waals surface area (Å²) in [4.78, 5) is 24.2. The summed E-state index contributed by atoms with van der Waals surface area (Å²) >= 11 is 0. The van der Waals surface area contributed by atoms with Crippen LogP contribution in [0.15, 0.2) is 30.3 Å². The Hall–Kier alpha value is -2.30. The molecule has 0 amide bonds. The van der Waals surface area contributed by atoms with Crippen LogP contribution in [0.3, 0.4) is 0 Å². The Morgan fingerprint density at radius 2 is 1.94 bits per heavy atom. The van der Waals surface area contributed by atoms with Crippen molar-refractivity contribution in [3.05, 3.63) is 35.9 Å². The first-order valence-electron chi connectivity index (χ1n) is 4.75. The molecule has 0 spiro atoms. The number of carboxylic acids is 1. The zero-order valence-electron chi connectivity index (χ0n) is 8.88. The summed E-state index contributed by atoms with van der Waals surface area (Å²) in [6.07, 6.45) is 0. The largest absolute Gasteiger partial charge is 0.538 e.